The van der Waals surface area contributed by atoms with Gasteiger partial charge in [-0.3, -0.25) is 0 Å². The number of allylic oxidation sites excluding steroid dienone is 1. The van der Waals surface area contributed by atoms with Gasteiger partial charge in [0.15, 0.2) is 23.3 Å². The molecule has 4 heteroatoms. The van der Waals surface area contributed by atoms with Gasteiger partial charge in [0, 0.05) is 11.1 Å². The van der Waals surface area contributed by atoms with Gasteiger partial charge in [-0.1, -0.05) is 54.6 Å². The number of halogens is 4. The summed E-state index contributed by atoms with van der Waals surface area (Å²) < 4.78 is 58.3. The minimum Gasteiger partial charge on any atom is -0.203 e. The van der Waals surface area contributed by atoms with E-state index in [-0.39, 0.29) is 22.6 Å². The van der Waals surface area contributed by atoms with Crippen LogP contribution < -0.4 is 0 Å². The number of benzene rings is 3. The molecule has 0 amide bonds. The highest BCUT2D eigenvalue weighted by atomic mass is 19.2. The van der Waals surface area contributed by atoms with Gasteiger partial charge in [-0.25, -0.2) is 17.6 Å². The van der Waals surface area contributed by atoms with Crippen molar-refractivity contribution in [2.75, 3.05) is 0 Å². The van der Waals surface area contributed by atoms with Crippen LogP contribution in [0.1, 0.15) is 55.6 Å². The van der Waals surface area contributed by atoms with E-state index in [0.717, 1.165) is 38.5 Å². The monoisotopic (exact) mass is 452 g/mol. The molecule has 0 radical (unpaired) electrons. The van der Waals surface area contributed by atoms with Crippen molar-refractivity contribution in [1.29, 1.82) is 0 Å². The molecule has 0 atom stereocenters. The lowest BCUT2D eigenvalue weighted by Crippen LogP contribution is -2.15. The molecule has 1 fully saturated rings. The number of aryl methyl sites for hydroxylation is 1. The summed E-state index contributed by atoms with van der Waals surface area (Å²) in [5, 5.41) is 0. The highest BCUT2D eigenvalue weighted by molar-refractivity contribution is 5.71. The highest BCUT2D eigenvalue weighted by Gasteiger charge is 2.26. The van der Waals surface area contributed by atoms with Crippen molar-refractivity contribution in [3.8, 4) is 22.3 Å². The summed E-state index contributed by atoms with van der Waals surface area (Å²) >= 11 is 0. The fraction of sp³-hybridized carbons (Fsp3) is 0.310. The van der Waals surface area contributed by atoms with E-state index >= 15 is 8.78 Å². The predicted octanol–water partition coefficient (Wildman–Crippen LogP) is 9.13. The van der Waals surface area contributed by atoms with Gasteiger partial charge in [0.1, 0.15) is 0 Å². The summed E-state index contributed by atoms with van der Waals surface area (Å²) in [7, 11) is 0. The molecule has 0 spiro atoms. The van der Waals surface area contributed by atoms with Gasteiger partial charge in [-0.15, -0.1) is 6.58 Å². The largest absolute Gasteiger partial charge is 0.203 e. The van der Waals surface area contributed by atoms with E-state index in [1.807, 2.05) is 6.08 Å². The van der Waals surface area contributed by atoms with Crippen LogP contribution in [0.4, 0.5) is 17.6 Å². The minimum absolute atomic E-state index is 0.0373. The van der Waals surface area contributed by atoms with Gasteiger partial charge in [0.25, 0.3) is 0 Å². The van der Waals surface area contributed by atoms with Gasteiger partial charge >= 0.3 is 0 Å². The highest BCUT2D eigenvalue weighted by Crippen LogP contribution is 2.40. The summed E-state index contributed by atoms with van der Waals surface area (Å²) in [6.07, 6.45) is 7.83. The van der Waals surface area contributed by atoms with Crippen LogP contribution in [0.2, 0.25) is 0 Å². The lowest BCUT2D eigenvalue weighted by atomic mass is 9.77. The molecule has 172 valence electrons. The van der Waals surface area contributed by atoms with E-state index in [0.29, 0.717) is 22.6 Å². The van der Waals surface area contributed by atoms with Crippen LogP contribution in [-0.2, 0) is 0 Å². The number of hydrogen-bond acceptors (Lipinski definition) is 0. The van der Waals surface area contributed by atoms with Crippen molar-refractivity contribution in [2.45, 2.75) is 51.4 Å². The summed E-state index contributed by atoms with van der Waals surface area (Å²) in [5.41, 5.74) is 1.94. The minimum atomic E-state index is -0.913. The molecule has 3 aromatic carbocycles. The molecule has 33 heavy (non-hydrogen) atoms. The fourth-order valence-electron chi connectivity index (χ4n) is 4.92. The zero-order chi connectivity index (χ0) is 23.5. The van der Waals surface area contributed by atoms with Crippen LogP contribution in [0.15, 0.2) is 61.2 Å². The SMILES string of the molecule is C=CCCC1CCC(c2ccc(-c3ccc(-c4ccc(C)c(F)c4F)cc3)c(F)c2F)CC1. The van der Waals surface area contributed by atoms with Gasteiger partial charge < -0.3 is 0 Å². The first kappa shape index (κ1) is 23.3. The maximum Gasteiger partial charge on any atom is 0.166 e. The second-order valence-electron chi connectivity index (χ2n) is 9.05. The van der Waals surface area contributed by atoms with Crippen molar-refractivity contribution in [3.05, 3.63) is 95.6 Å². The topological polar surface area (TPSA) is 0 Å². The summed E-state index contributed by atoms with van der Waals surface area (Å²) in [6.45, 7) is 5.27. The van der Waals surface area contributed by atoms with Crippen molar-refractivity contribution < 1.29 is 17.6 Å². The van der Waals surface area contributed by atoms with E-state index in [2.05, 4.69) is 6.58 Å². The molecule has 0 nitrogen and oxygen atoms in total. The maximum absolute atomic E-state index is 15.0. The van der Waals surface area contributed by atoms with Crippen LogP contribution in [0.25, 0.3) is 22.3 Å². The van der Waals surface area contributed by atoms with Gasteiger partial charge in [0.2, 0.25) is 0 Å². The molecule has 3 aromatic rings. The van der Waals surface area contributed by atoms with E-state index in [4.69, 9.17) is 0 Å². The van der Waals surface area contributed by atoms with Crippen molar-refractivity contribution in [2.24, 2.45) is 5.92 Å². The van der Waals surface area contributed by atoms with Crippen molar-refractivity contribution >= 4 is 0 Å². The van der Waals surface area contributed by atoms with E-state index in [1.165, 1.54) is 19.1 Å². The Balaban J connectivity index is 1.54. The molecule has 0 N–H and O–H groups in total. The van der Waals surface area contributed by atoms with Crippen LogP contribution in [-0.4, -0.2) is 0 Å². The Hall–Kier alpha value is -2.88. The molecule has 0 saturated heterocycles. The Morgan fingerprint density at radius 1 is 0.727 bits per heavy atom. The van der Waals surface area contributed by atoms with Crippen LogP contribution >= 0.6 is 0 Å². The fourth-order valence-corrected chi connectivity index (χ4v) is 4.92. The molecule has 0 bridgehead atoms. The average Bonchev–Trinajstić information content (AvgIpc) is 2.84. The van der Waals surface area contributed by atoms with E-state index in [1.54, 1.807) is 36.4 Å². The van der Waals surface area contributed by atoms with Crippen molar-refractivity contribution in [3.63, 3.8) is 0 Å². The van der Waals surface area contributed by atoms with Crippen LogP contribution in [0.5, 0.6) is 0 Å². The summed E-state index contributed by atoms with van der Waals surface area (Å²) in [6, 6.07) is 12.8. The zero-order valence-corrected chi connectivity index (χ0v) is 18.8. The molecule has 1 saturated carbocycles. The average molecular weight is 453 g/mol. The third-order valence-corrected chi connectivity index (χ3v) is 6.96. The molecule has 1 aliphatic carbocycles. The Morgan fingerprint density at radius 2 is 1.27 bits per heavy atom. The number of rotatable bonds is 6. The molecule has 4 rings (SSSR count). The first-order chi connectivity index (χ1) is 15.9. The summed E-state index contributed by atoms with van der Waals surface area (Å²) in [5.74, 6) is -2.76. The lowest BCUT2D eigenvalue weighted by Gasteiger charge is -2.29. The normalized spacial score (nSPS) is 18.3. The standard InChI is InChI=1S/C29H28F4/c1-3-4-5-19-7-9-20(10-8-19)24-16-17-25(29(33)28(24)32)22-13-11-21(12-14-22)23-15-6-18(2)26(30)27(23)31/h3,6,11-17,19-20H,1,4-5,7-10H2,2H3. The molecule has 0 unspecified atom stereocenters. The van der Waals surface area contributed by atoms with Crippen LogP contribution in [0, 0.1) is 36.1 Å². The lowest BCUT2D eigenvalue weighted by molar-refractivity contribution is 0.306. The Bertz CT molecular complexity index is 1140. The Labute approximate surface area is 193 Å². The summed E-state index contributed by atoms with van der Waals surface area (Å²) in [4.78, 5) is 0. The van der Waals surface area contributed by atoms with Gasteiger partial charge in [0.05, 0.1) is 0 Å². The number of hydrogen-bond donors (Lipinski definition) is 0. The molecular weight excluding hydrogens is 424 g/mol. The third kappa shape index (κ3) is 4.75. The first-order valence-corrected chi connectivity index (χ1v) is 11.5. The second-order valence-corrected chi connectivity index (χ2v) is 9.05. The van der Waals surface area contributed by atoms with E-state index in [9.17, 15) is 8.78 Å². The van der Waals surface area contributed by atoms with E-state index < -0.39 is 23.3 Å². The zero-order valence-electron chi connectivity index (χ0n) is 18.8. The first-order valence-electron chi connectivity index (χ1n) is 11.5. The Morgan fingerprint density at radius 3 is 1.85 bits per heavy atom. The molecule has 0 heterocycles. The van der Waals surface area contributed by atoms with Crippen LogP contribution in [0.3, 0.4) is 0 Å². The van der Waals surface area contributed by atoms with Crippen molar-refractivity contribution in [1.82, 2.24) is 0 Å². The smallest absolute Gasteiger partial charge is 0.166 e. The van der Waals surface area contributed by atoms with Gasteiger partial charge in [-0.2, -0.15) is 0 Å². The second kappa shape index (κ2) is 9.94. The predicted molar refractivity (Wildman–Crippen MR) is 126 cm³/mol. The molecule has 0 aliphatic heterocycles. The molecular formula is C29H28F4. The van der Waals surface area contributed by atoms with Gasteiger partial charge in [-0.05, 0) is 79.5 Å². The quantitative estimate of drug-likeness (QED) is 0.258. The Kier molecular flexibility index (Phi) is 7.02. The third-order valence-electron chi connectivity index (χ3n) is 6.96. The molecule has 0 aromatic heterocycles. The molecule has 1 aliphatic rings. The maximum atomic E-state index is 15.0.